The number of ketones is 1. The normalized spacial score (nSPS) is 24.3. The Kier molecular flexibility index (Phi) is 4.81. The molecular weight excluding hydrogens is 234 g/mol. The Morgan fingerprint density at radius 3 is 2.72 bits per heavy atom. The van der Waals surface area contributed by atoms with Crippen LogP contribution in [0.15, 0.2) is 23.8 Å². The van der Waals surface area contributed by atoms with E-state index in [9.17, 15) is 14.7 Å². The maximum atomic E-state index is 11.4. The van der Waals surface area contributed by atoms with Crippen molar-refractivity contribution < 1.29 is 19.4 Å². The van der Waals surface area contributed by atoms with E-state index in [1.807, 2.05) is 0 Å². The summed E-state index contributed by atoms with van der Waals surface area (Å²) < 4.78 is 4.81. The van der Waals surface area contributed by atoms with Crippen LogP contribution >= 0.6 is 0 Å². The number of Topliss-reactive ketones (excluding diaryl/α,β-unsaturated/α-hetero) is 1. The van der Waals surface area contributed by atoms with Crippen LogP contribution in [0, 0.1) is 0 Å². The minimum absolute atomic E-state index is 0.212. The van der Waals surface area contributed by atoms with Crippen molar-refractivity contribution in [2.45, 2.75) is 38.3 Å². The largest absolute Gasteiger partial charge is 0.465 e. The van der Waals surface area contributed by atoms with E-state index in [4.69, 9.17) is 10.5 Å². The summed E-state index contributed by atoms with van der Waals surface area (Å²) in [5.41, 5.74) is 5.08. The van der Waals surface area contributed by atoms with Gasteiger partial charge in [0.05, 0.1) is 6.61 Å². The lowest BCUT2D eigenvalue weighted by Crippen LogP contribution is -2.36. The number of esters is 1. The average Bonchev–Trinajstić information content (AvgIpc) is 2.32. The van der Waals surface area contributed by atoms with Crippen LogP contribution < -0.4 is 5.73 Å². The lowest BCUT2D eigenvalue weighted by molar-refractivity contribution is -0.144. The first-order valence-corrected chi connectivity index (χ1v) is 5.93. The van der Waals surface area contributed by atoms with Gasteiger partial charge < -0.3 is 15.6 Å². The molecule has 0 amide bonds. The van der Waals surface area contributed by atoms with Crippen molar-refractivity contribution >= 4 is 11.8 Å². The van der Waals surface area contributed by atoms with E-state index in [0.29, 0.717) is 13.0 Å². The highest BCUT2D eigenvalue weighted by molar-refractivity contribution is 5.87. The number of rotatable bonds is 5. The molecule has 3 N–H and O–H groups in total. The SMILES string of the molecule is CCOC(=O)[C@@H](N)CC1=CCC(O)(C(C)=O)C=C1. The van der Waals surface area contributed by atoms with Gasteiger partial charge in [-0.2, -0.15) is 0 Å². The van der Waals surface area contributed by atoms with E-state index in [0.717, 1.165) is 5.57 Å². The lowest BCUT2D eigenvalue weighted by Gasteiger charge is -2.24. The molecule has 1 unspecified atom stereocenters. The summed E-state index contributed by atoms with van der Waals surface area (Å²) in [6.45, 7) is 3.36. The average molecular weight is 253 g/mol. The van der Waals surface area contributed by atoms with Crippen molar-refractivity contribution in [3.05, 3.63) is 23.8 Å². The number of ether oxygens (including phenoxy) is 1. The number of allylic oxidation sites excluding steroid dienone is 1. The second kappa shape index (κ2) is 5.93. The molecule has 0 aliphatic heterocycles. The molecule has 0 radical (unpaired) electrons. The smallest absolute Gasteiger partial charge is 0.323 e. The molecule has 0 saturated carbocycles. The fourth-order valence-electron chi connectivity index (χ4n) is 1.67. The van der Waals surface area contributed by atoms with Crippen LogP contribution in [0.4, 0.5) is 0 Å². The molecule has 0 heterocycles. The molecule has 1 aliphatic rings. The van der Waals surface area contributed by atoms with Gasteiger partial charge in [-0.05, 0) is 31.9 Å². The first-order chi connectivity index (χ1) is 8.39. The zero-order valence-corrected chi connectivity index (χ0v) is 10.7. The fraction of sp³-hybridized carbons (Fsp3) is 0.538. The molecule has 18 heavy (non-hydrogen) atoms. The van der Waals surface area contributed by atoms with Crippen molar-refractivity contribution in [1.29, 1.82) is 0 Å². The summed E-state index contributed by atoms with van der Waals surface area (Å²) >= 11 is 0. The van der Waals surface area contributed by atoms with Gasteiger partial charge in [-0.3, -0.25) is 9.59 Å². The van der Waals surface area contributed by atoms with Crippen molar-refractivity contribution in [1.82, 2.24) is 0 Å². The first kappa shape index (κ1) is 14.6. The Morgan fingerprint density at radius 2 is 2.28 bits per heavy atom. The van der Waals surface area contributed by atoms with E-state index in [-0.39, 0.29) is 12.2 Å². The van der Waals surface area contributed by atoms with E-state index in [1.165, 1.54) is 13.0 Å². The zero-order chi connectivity index (χ0) is 13.8. The molecule has 100 valence electrons. The molecule has 5 heteroatoms. The first-order valence-electron chi connectivity index (χ1n) is 5.93. The van der Waals surface area contributed by atoms with Crippen molar-refractivity contribution in [3.63, 3.8) is 0 Å². The van der Waals surface area contributed by atoms with Crippen LogP contribution in [-0.2, 0) is 14.3 Å². The maximum absolute atomic E-state index is 11.4. The predicted octanol–water partition coefficient (Wildman–Crippen LogP) is 0.473. The van der Waals surface area contributed by atoms with Crippen LogP contribution in [-0.4, -0.2) is 35.1 Å². The fourth-order valence-corrected chi connectivity index (χ4v) is 1.67. The summed E-state index contributed by atoms with van der Waals surface area (Å²) in [7, 11) is 0. The summed E-state index contributed by atoms with van der Waals surface area (Å²) in [6.07, 6.45) is 5.35. The standard InChI is InChI=1S/C13H19NO4/c1-3-18-12(16)11(14)8-10-4-6-13(17,7-5-10)9(2)15/h4-6,11,17H,3,7-8,14H2,1-2H3/t11-,13?/m0/s1. The van der Waals surface area contributed by atoms with E-state index in [2.05, 4.69) is 0 Å². The number of carbonyl (C=O) groups excluding carboxylic acids is 2. The second-order valence-electron chi connectivity index (χ2n) is 4.36. The summed E-state index contributed by atoms with van der Waals surface area (Å²) in [4.78, 5) is 22.6. The van der Waals surface area contributed by atoms with Crippen LogP contribution in [0.1, 0.15) is 26.7 Å². The van der Waals surface area contributed by atoms with Gasteiger partial charge in [0.15, 0.2) is 5.78 Å². The van der Waals surface area contributed by atoms with Gasteiger partial charge in [-0.1, -0.05) is 12.2 Å². The third-order valence-corrected chi connectivity index (χ3v) is 2.90. The van der Waals surface area contributed by atoms with Crippen molar-refractivity contribution in [2.24, 2.45) is 5.73 Å². The molecule has 0 aromatic carbocycles. The molecule has 0 aromatic heterocycles. The van der Waals surface area contributed by atoms with Gasteiger partial charge in [0.25, 0.3) is 0 Å². The number of carbonyl (C=O) groups is 2. The molecule has 5 nitrogen and oxygen atoms in total. The maximum Gasteiger partial charge on any atom is 0.323 e. The van der Waals surface area contributed by atoms with Gasteiger partial charge in [0.2, 0.25) is 0 Å². The van der Waals surface area contributed by atoms with Gasteiger partial charge in [0.1, 0.15) is 11.6 Å². The number of hydrogen-bond donors (Lipinski definition) is 2. The molecule has 1 rings (SSSR count). The van der Waals surface area contributed by atoms with E-state index < -0.39 is 17.6 Å². The Morgan fingerprint density at radius 1 is 1.61 bits per heavy atom. The van der Waals surface area contributed by atoms with Crippen molar-refractivity contribution in [2.75, 3.05) is 6.61 Å². The van der Waals surface area contributed by atoms with Crippen molar-refractivity contribution in [3.8, 4) is 0 Å². The minimum atomic E-state index is -1.42. The van der Waals surface area contributed by atoms with E-state index in [1.54, 1.807) is 19.1 Å². The third kappa shape index (κ3) is 3.51. The van der Waals surface area contributed by atoms with Gasteiger partial charge in [-0.15, -0.1) is 0 Å². The minimum Gasteiger partial charge on any atom is -0.465 e. The highest BCUT2D eigenvalue weighted by Crippen LogP contribution is 2.24. The lowest BCUT2D eigenvalue weighted by atomic mass is 9.87. The van der Waals surface area contributed by atoms with Crippen LogP contribution in [0.25, 0.3) is 0 Å². The molecule has 0 spiro atoms. The molecule has 0 bridgehead atoms. The van der Waals surface area contributed by atoms with Gasteiger partial charge in [0, 0.05) is 6.42 Å². The van der Waals surface area contributed by atoms with E-state index >= 15 is 0 Å². The molecule has 0 saturated heterocycles. The number of hydrogen-bond acceptors (Lipinski definition) is 5. The summed E-state index contributed by atoms with van der Waals surface area (Å²) in [5.74, 6) is -0.747. The van der Waals surface area contributed by atoms with Crippen LogP contribution in [0.3, 0.4) is 0 Å². The number of nitrogens with two attached hydrogens (primary N) is 1. The molecule has 1 aliphatic carbocycles. The Labute approximate surface area is 106 Å². The Bertz CT molecular complexity index is 400. The molecule has 0 fully saturated rings. The predicted molar refractivity (Wildman–Crippen MR) is 66.7 cm³/mol. The summed E-state index contributed by atoms with van der Waals surface area (Å²) in [6, 6.07) is -0.718. The van der Waals surface area contributed by atoms with Gasteiger partial charge >= 0.3 is 5.97 Å². The summed E-state index contributed by atoms with van der Waals surface area (Å²) in [5, 5.41) is 9.89. The molecule has 0 aromatic rings. The molecular formula is C13H19NO4. The van der Waals surface area contributed by atoms with Crippen LogP contribution in [0.5, 0.6) is 0 Å². The third-order valence-electron chi connectivity index (χ3n) is 2.90. The topological polar surface area (TPSA) is 89.6 Å². The monoisotopic (exact) mass is 253 g/mol. The quantitative estimate of drug-likeness (QED) is 0.695. The zero-order valence-electron chi connectivity index (χ0n) is 10.7. The van der Waals surface area contributed by atoms with Crippen LogP contribution in [0.2, 0.25) is 0 Å². The second-order valence-corrected chi connectivity index (χ2v) is 4.36. The highest BCUT2D eigenvalue weighted by Gasteiger charge is 2.30. The Balaban J connectivity index is 2.58. The molecule has 2 atom stereocenters. The number of aliphatic hydroxyl groups is 1. The Hall–Kier alpha value is -1.46. The van der Waals surface area contributed by atoms with Gasteiger partial charge in [-0.25, -0.2) is 0 Å². The highest BCUT2D eigenvalue weighted by atomic mass is 16.5.